The van der Waals surface area contributed by atoms with E-state index in [4.69, 9.17) is 28.3 Å². The number of hydrogen-bond donors (Lipinski definition) is 1. The largest absolute Gasteiger partial charge is 0.406 e. The number of carbonyl (C=O) groups excluding carboxylic acids is 1. The van der Waals surface area contributed by atoms with Crippen molar-refractivity contribution >= 4 is 39.1 Å². The fraction of sp³-hybridized carbons (Fsp3) is 0.300. The average Bonchev–Trinajstić information content (AvgIpc) is 2.27. The summed E-state index contributed by atoms with van der Waals surface area (Å²) in [7, 11) is -3.30. The number of hydrogen-bond acceptors (Lipinski definition) is 3. The first kappa shape index (κ1) is 18.0. The zero-order valence-corrected chi connectivity index (χ0v) is 12.7. The zero-order valence-electron chi connectivity index (χ0n) is 10.4. The van der Waals surface area contributed by atoms with E-state index in [1.54, 1.807) is 0 Å². The van der Waals surface area contributed by atoms with E-state index in [1.165, 1.54) is 0 Å². The minimum absolute atomic E-state index is 0.313. The fourth-order valence-corrected chi connectivity index (χ4v) is 2.47. The number of carbonyl (C=O) groups is 1. The van der Waals surface area contributed by atoms with Crippen LogP contribution < -0.4 is 5.14 Å². The molecule has 1 aromatic carbocycles. The van der Waals surface area contributed by atoms with E-state index in [-0.39, 0.29) is 10.0 Å². The van der Waals surface area contributed by atoms with Crippen LogP contribution in [0.3, 0.4) is 0 Å². The van der Waals surface area contributed by atoms with Crippen molar-refractivity contribution in [2.45, 2.75) is 11.1 Å². The number of amides is 1. The second-order valence-electron chi connectivity index (χ2n) is 4.09. The van der Waals surface area contributed by atoms with Crippen LogP contribution in [0, 0.1) is 0 Å². The standard InChI is InChI=1S/C10H9Cl2F3N2O3S/c1-17(4-10(13,14)15)9(18)6-2-5(21(16,19)20)3-7(11)8(6)12/h2-3H,4H2,1H3,(H2,16,19,20). The third-order valence-corrected chi connectivity index (χ3v) is 4.02. The van der Waals surface area contributed by atoms with Crippen molar-refractivity contribution in [2.24, 2.45) is 5.14 Å². The monoisotopic (exact) mass is 364 g/mol. The molecule has 5 nitrogen and oxygen atoms in total. The molecule has 0 radical (unpaired) electrons. The molecule has 118 valence electrons. The highest BCUT2D eigenvalue weighted by molar-refractivity contribution is 7.89. The van der Waals surface area contributed by atoms with Crippen LogP contribution in [0.15, 0.2) is 17.0 Å². The molecule has 1 amide bonds. The summed E-state index contributed by atoms with van der Waals surface area (Å²) in [5, 5.41) is 4.22. The Kier molecular flexibility index (Phi) is 5.14. The summed E-state index contributed by atoms with van der Waals surface area (Å²) >= 11 is 11.4. The molecule has 1 aromatic rings. The third kappa shape index (κ3) is 4.73. The van der Waals surface area contributed by atoms with E-state index < -0.39 is 39.1 Å². The van der Waals surface area contributed by atoms with Crippen molar-refractivity contribution < 1.29 is 26.4 Å². The summed E-state index contributed by atoms with van der Waals surface area (Å²) in [6.45, 7) is -1.53. The maximum Gasteiger partial charge on any atom is 0.406 e. The molecule has 11 heteroatoms. The topological polar surface area (TPSA) is 80.5 Å². The molecule has 0 aromatic heterocycles. The SMILES string of the molecule is CN(CC(F)(F)F)C(=O)c1cc(S(N)(=O)=O)cc(Cl)c1Cl. The Balaban J connectivity index is 3.30. The summed E-state index contributed by atoms with van der Waals surface area (Å²) in [4.78, 5) is 11.7. The lowest BCUT2D eigenvalue weighted by Crippen LogP contribution is -2.36. The van der Waals surface area contributed by atoms with Gasteiger partial charge in [0, 0.05) is 7.05 Å². The van der Waals surface area contributed by atoms with E-state index in [2.05, 4.69) is 0 Å². The molecule has 0 saturated carbocycles. The van der Waals surface area contributed by atoms with Gasteiger partial charge in [-0.15, -0.1) is 0 Å². The first-order valence-electron chi connectivity index (χ1n) is 5.17. The van der Waals surface area contributed by atoms with Crippen molar-refractivity contribution in [3.63, 3.8) is 0 Å². The van der Waals surface area contributed by atoms with Gasteiger partial charge in [-0.3, -0.25) is 4.79 Å². The smallest absolute Gasteiger partial charge is 0.333 e. The molecule has 0 unspecified atom stereocenters. The highest BCUT2D eigenvalue weighted by Crippen LogP contribution is 2.30. The van der Waals surface area contributed by atoms with Gasteiger partial charge in [-0.25, -0.2) is 13.6 Å². The number of rotatable bonds is 3. The van der Waals surface area contributed by atoms with Crippen LogP contribution in [0.1, 0.15) is 10.4 Å². The molecule has 21 heavy (non-hydrogen) atoms. The number of sulfonamides is 1. The number of nitrogens with two attached hydrogens (primary N) is 1. The van der Waals surface area contributed by atoms with Gasteiger partial charge in [0.05, 0.1) is 20.5 Å². The second-order valence-corrected chi connectivity index (χ2v) is 6.43. The summed E-state index contributed by atoms with van der Waals surface area (Å²) in [6, 6.07) is 1.68. The van der Waals surface area contributed by atoms with Gasteiger partial charge in [0.2, 0.25) is 10.0 Å². The first-order valence-corrected chi connectivity index (χ1v) is 7.47. The number of alkyl halides is 3. The Labute approximate surface area is 128 Å². The zero-order chi connectivity index (χ0) is 16.6. The number of primary sulfonamides is 1. The average molecular weight is 365 g/mol. The summed E-state index contributed by atoms with van der Waals surface area (Å²) in [6.07, 6.45) is -4.61. The van der Waals surface area contributed by atoms with Crippen LogP contribution in [0.2, 0.25) is 10.0 Å². The van der Waals surface area contributed by atoms with Gasteiger partial charge in [-0.05, 0) is 12.1 Å². The number of halogens is 5. The highest BCUT2D eigenvalue weighted by atomic mass is 35.5. The molecule has 0 fully saturated rings. The van der Waals surface area contributed by atoms with Crippen LogP contribution in [-0.2, 0) is 10.0 Å². The summed E-state index contributed by atoms with van der Waals surface area (Å²) in [5.41, 5.74) is -0.486. The Morgan fingerprint density at radius 3 is 2.29 bits per heavy atom. The first-order chi connectivity index (χ1) is 9.33. The van der Waals surface area contributed by atoms with Gasteiger partial charge in [-0.2, -0.15) is 13.2 Å². The molecular weight excluding hydrogens is 356 g/mol. The minimum atomic E-state index is -4.61. The van der Waals surface area contributed by atoms with Crippen molar-refractivity contribution in [2.75, 3.05) is 13.6 Å². The van der Waals surface area contributed by atoms with E-state index in [9.17, 15) is 26.4 Å². The van der Waals surface area contributed by atoms with Gasteiger partial charge in [0.1, 0.15) is 6.54 Å². The summed E-state index contributed by atoms with van der Waals surface area (Å²) in [5.74, 6) is -1.13. The Morgan fingerprint density at radius 1 is 1.33 bits per heavy atom. The van der Waals surface area contributed by atoms with E-state index in [0.29, 0.717) is 4.90 Å². The van der Waals surface area contributed by atoms with Gasteiger partial charge >= 0.3 is 6.18 Å². The molecule has 0 saturated heterocycles. The molecular formula is C10H9Cl2F3N2O3S. The van der Waals surface area contributed by atoms with E-state index in [0.717, 1.165) is 19.2 Å². The highest BCUT2D eigenvalue weighted by Gasteiger charge is 2.32. The van der Waals surface area contributed by atoms with Gasteiger partial charge in [0.25, 0.3) is 5.91 Å². The lowest BCUT2D eigenvalue weighted by atomic mass is 10.2. The Hall–Kier alpha value is -1.03. The summed E-state index contributed by atoms with van der Waals surface area (Å²) < 4.78 is 59.3. The number of benzene rings is 1. The molecule has 2 N–H and O–H groups in total. The predicted molar refractivity (Wildman–Crippen MR) is 70.9 cm³/mol. The Morgan fingerprint density at radius 2 is 1.86 bits per heavy atom. The fourth-order valence-electron chi connectivity index (χ4n) is 1.43. The molecule has 0 aliphatic heterocycles. The number of nitrogens with zero attached hydrogens (tertiary/aromatic N) is 1. The third-order valence-electron chi connectivity index (χ3n) is 2.32. The van der Waals surface area contributed by atoms with Crippen molar-refractivity contribution in [3.8, 4) is 0 Å². The molecule has 0 spiro atoms. The molecule has 0 heterocycles. The lowest BCUT2D eigenvalue weighted by Gasteiger charge is -2.20. The van der Waals surface area contributed by atoms with Crippen LogP contribution in [-0.4, -0.2) is 39.0 Å². The molecule has 0 bridgehead atoms. The van der Waals surface area contributed by atoms with Crippen molar-refractivity contribution in [1.29, 1.82) is 0 Å². The van der Waals surface area contributed by atoms with Crippen molar-refractivity contribution in [3.05, 3.63) is 27.7 Å². The quantitative estimate of drug-likeness (QED) is 0.893. The van der Waals surface area contributed by atoms with Crippen molar-refractivity contribution in [1.82, 2.24) is 4.90 Å². The van der Waals surface area contributed by atoms with E-state index >= 15 is 0 Å². The minimum Gasteiger partial charge on any atom is -0.333 e. The maximum atomic E-state index is 12.3. The normalized spacial score (nSPS) is 12.3. The van der Waals surface area contributed by atoms with Gasteiger partial charge in [-0.1, -0.05) is 23.2 Å². The molecule has 0 aliphatic rings. The van der Waals surface area contributed by atoms with Crippen LogP contribution >= 0.6 is 23.2 Å². The Bertz CT molecular complexity index is 677. The molecule has 0 atom stereocenters. The lowest BCUT2D eigenvalue weighted by molar-refractivity contribution is -0.138. The molecule has 1 rings (SSSR count). The van der Waals surface area contributed by atoms with Gasteiger partial charge < -0.3 is 4.90 Å². The van der Waals surface area contributed by atoms with Crippen LogP contribution in [0.25, 0.3) is 0 Å². The predicted octanol–water partition coefficient (Wildman–Crippen LogP) is 2.28. The van der Waals surface area contributed by atoms with E-state index in [1.807, 2.05) is 0 Å². The van der Waals surface area contributed by atoms with Crippen LogP contribution in [0.4, 0.5) is 13.2 Å². The van der Waals surface area contributed by atoms with Gasteiger partial charge in [0.15, 0.2) is 0 Å². The van der Waals surface area contributed by atoms with Crippen LogP contribution in [0.5, 0.6) is 0 Å². The second kappa shape index (κ2) is 5.99. The maximum absolute atomic E-state index is 12.3. The molecule has 0 aliphatic carbocycles.